The van der Waals surface area contributed by atoms with E-state index >= 15 is 0 Å². The van der Waals surface area contributed by atoms with Crippen LogP contribution in [0.25, 0.3) is 0 Å². The van der Waals surface area contributed by atoms with E-state index in [4.69, 9.17) is 9.84 Å². The number of aliphatic hydroxyl groups excluding tert-OH is 1. The standard InChI is InChI=1S/C7H15NO4S/c1-2-13(10,11)8-3-4-12-6-7(8)5-9/h7,9H,2-6H2,1H3. The zero-order valence-corrected chi connectivity index (χ0v) is 8.46. The summed E-state index contributed by atoms with van der Waals surface area (Å²) in [7, 11) is -3.19. The summed E-state index contributed by atoms with van der Waals surface area (Å²) in [5.41, 5.74) is 0. The first-order valence-electron chi connectivity index (χ1n) is 4.30. The highest BCUT2D eigenvalue weighted by molar-refractivity contribution is 7.89. The first-order chi connectivity index (χ1) is 6.11. The third-order valence-corrected chi connectivity index (χ3v) is 4.03. The summed E-state index contributed by atoms with van der Waals surface area (Å²) >= 11 is 0. The van der Waals surface area contributed by atoms with Crippen molar-refractivity contribution in [2.45, 2.75) is 13.0 Å². The van der Waals surface area contributed by atoms with Gasteiger partial charge < -0.3 is 9.84 Å². The molecule has 1 unspecified atom stereocenters. The largest absolute Gasteiger partial charge is 0.395 e. The van der Waals surface area contributed by atoms with Crippen LogP contribution in [0.3, 0.4) is 0 Å². The van der Waals surface area contributed by atoms with Gasteiger partial charge in [-0.1, -0.05) is 0 Å². The molecule has 0 aromatic heterocycles. The molecule has 0 aliphatic carbocycles. The highest BCUT2D eigenvalue weighted by Crippen LogP contribution is 2.12. The number of aliphatic hydroxyl groups is 1. The van der Waals surface area contributed by atoms with E-state index in [0.717, 1.165) is 0 Å². The van der Waals surface area contributed by atoms with Crippen molar-refractivity contribution >= 4 is 10.0 Å². The maximum absolute atomic E-state index is 11.5. The quantitative estimate of drug-likeness (QED) is 0.649. The monoisotopic (exact) mass is 209 g/mol. The van der Waals surface area contributed by atoms with Gasteiger partial charge in [0.1, 0.15) is 0 Å². The second-order valence-electron chi connectivity index (χ2n) is 2.92. The topological polar surface area (TPSA) is 66.8 Å². The maximum atomic E-state index is 11.5. The van der Waals surface area contributed by atoms with Gasteiger partial charge in [0.05, 0.1) is 31.6 Å². The number of hydrogen-bond donors (Lipinski definition) is 1. The molecule has 1 atom stereocenters. The molecule has 0 bridgehead atoms. The van der Waals surface area contributed by atoms with Crippen LogP contribution >= 0.6 is 0 Å². The molecule has 1 N–H and O–H groups in total. The Morgan fingerprint density at radius 3 is 2.85 bits per heavy atom. The second-order valence-corrected chi connectivity index (χ2v) is 5.13. The summed E-state index contributed by atoms with van der Waals surface area (Å²) in [6.45, 7) is 2.46. The van der Waals surface area contributed by atoms with E-state index in [0.29, 0.717) is 13.2 Å². The van der Waals surface area contributed by atoms with Crippen LogP contribution in [0.15, 0.2) is 0 Å². The Labute approximate surface area is 78.4 Å². The molecule has 0 amide bonds. The summed E-state index contributed by atoms with van der Waals surface area (Å²) in [5.74, 6) is 0.0729. The predicted molar refractivity (Wildman–Crippen MR) is 47.9 cm³/mol. The van der Waals surface area contributed by atoms with E-state index in [2.05, 4.69) is 0 Å². The van der Waals surface area contributed by atoms with Crippen molar-refractivity contribution in [2.75, 3.05) is 32.1 Å². The van der Waals surface area contributed by atoms with Crippen LogP contribution in [0.2, 0.25) is 0 Å². The van der Waals surface area contributed by atoms with Gasteiger partial charge in [0.15, 0.2) is 0 Å². The lowest BCUT2D eigenvalue weighted by molar-refractivity contribution is 0.0110. The SMILES string of the molecule is CCS(=O)(=O)N1CCOCC1CO. The Bertz CT molecular complexity index is 251. The molecule has 78 valence electrons. The fraction of sp³-hybridized carbons (Fsp3) is 1.00. The molecule has 0 aromatic carbocycles. The highest BCUT2D eigenvalue weighted by Gasteiger charge is 2.30. The Morgan fingerprint density at radius 1 is 1.62 bits per heavy atom. The molecule has 0 spiro atoms. The molecule has 6 heteroatoms. The minimum absolute atomic E-state index is 0.0729. The van der Waals surface area contributed by atoms with Gasteiger partial charge in [0.2, 0.25) is 10.0 Å². The first kappa shape index (κ1) is 10.9. The van der Waals surface area contributed by atoms with Crippen LogP contribution in [-0.4, -0.2) is 56.0 Å². The molecule has 1 rings (SSSR count). The molecule has 1 heterocycles. The average molecular weight is 209 g/mol. The third-order valence-electron chi connectivity index (χ3n) is 2.11. The van der Waals surface area contributed by atoms with E-state index in [1.165, 1.54) is 4.31 Å². The molecule has 1 aliphatic heterocycles. The van der Waals surface area contributed by atoms with Gasteiger partial charge in [-0.15, -0.1) is 0 Å². The van der Waals surface area contributed by atoms with E-state index in [1.54, 1.807) is 6.92 Å². The normalized spacial score (nSPS) is 26.2. The van der Waals surface area contributed by atoms with Crippen molar-refractivity contribution in [2.24, 2.45) is 0 Å². The average Bonchev–Trinajstić information content (AvgIpc) is 2.18. The Balaban J connectivity index is 2.75. The van der Waals surface area contributed by atoms with Crippen molar-refractivity contribution < 1.29 is 18.3 Å². The van der Waals surface area contributed by atoms with Gasteiger partial charge in [-0.05, 0) is 6.92 Å². The first-order valence-corrected chi connectivity index (χ1v) is 5.91. The molecular weight excluding hydrogens is 194 g/mol. The number of nitrogens with zero attached hydrogens (tertiary/aromatic N) is 1. The van der Waals surface area contributed by atoms with Crippen molar-refractivity contribution in [3.05, 3.63) is 0 Å². The van der Waals surface area contributed by atoms with E-state index in [1.807, 2.05) is 0 Å². The maximum Gasteiger partial charge on any atom is 0.214 e. The van der Waals surface area contributed by atoms with Gasteiger partial charge in [-0.2, -0.15) is 4.31 Å². The zero-order chi connectivity index (χ0) is 9.90. The molecule has 0 saturated carbocycles. The fourth-order valence-corrected chi connectivity index (χ4v) is 2.58. The van der Waals surface area contributed by atoms with E-state index in [9.17, 15) is 8.42 Å². The number of ether oxygens (including phenoxy) is 1. The predicted octanol–water partition coefficient (Wildman–Crippen LogP) is -0.971. The van der Waals surface area contributed by atoms with Crippen LogP contribution < -0.4 is 0 Å². The molecule has 1 saturated heterocycles. The Morgan fingerprint density at radius 2 is 2.31 bits per heavy atom. The highest BCUT2D eigenvalue weighted by atomic mass is 32.2. The minimum Gasteiger partial charge on any atom is -0.395 e. The van der Waals surface area contributed by atoms with Crippen LogP contribution in [0.4, 0.5) is 0 Å². The smallest absolute Gasteiger partial charge is 0.214 e. The van der Waals surface area contributed by atoms with E-state index in [-0.39, 0.29) is 19.0 Å². The number of morpholine rings is 1. The molecule has 13 heavy (non-hydrogen) atoms. The van der Waals surface area contributed by atoms with Crippen LogP contribution in [0.5, 0.6) is 0 Å². The molecule has 1 fully saturated rings. The van der Waals surface area contributed by atoms with Crippen LogP contribution in [0, 0.1) is 0 Å². The van der Waals surface area contributed by atoms with E-state index < -0.39 is 16.1 Å². The minimum atomic E-state index is -3.19. The number of rotatable bonds is 3. The molecule has 0 aromatic rings. The lowest BCUT2D eigenvalue weighted by Gasteiger charge is -2.32. The number of sulfonamides is 1. The summed E-state index contributed by atoms with van der Waals surface area (Å²) in [5, 5.41) is 8.93. The van der Waals surface area contributed by atoms with Gasteiger partial charge in [-0.3, -0.25) is 0 Å². The zero-order valence-electron chi connectivity index (χ0n) is 7.64. The van der Waals surface area contributed by atoms with Crippen LogP contribution in [-0.2, 0) is 14.8 Å². The summed E-state index contributed by atoms with van der Waals surface area (Å²) in [4.78, 5) is 0. The Kier molecular flexibility index (Phi) is 3.66. The lowest BCUT2D eigenvalue weighted by Crippen LogP contribution is -2.50. The summed E-state index contributed by atoms with van der Waals surface area (Å²) in [6.07, 6.45) is 0. The Hall–Kier alpha value is -0.170. The molecule has 5 nitrogen and oxygen atoms in total. The van der Waals surface area contributed by atoms with Crippen molar-refractivity contribution in [1.82, 2.24) is 4.31 Å². The van der Waals surface area contributed by atoms with Gasteiger partial charge in [-0.25, -0.2) is 8.42 Å². The molecule has 1 aliphatic rings. The summed E-state index contributed by atoms with van der Waals surface area (Å²) in [6, 6.07) is -0.404. The molecular formula is C7H15NO4S. The lowest BCUT2D eigenvalue weighted by atomic mass is 10.3. The van der Waals surface area contributed by atoms with Gasteiger partial charge in [0, 0.05) is 6.54 Å². The van der Waals surface area contributed by atoms with Crippen molar-refractivity contribution in [3.63, 3.8) is 0 Å². The fourth-order valence-electron chi connectivity index (χ4n) is 1.32. The molecule has 0 radical (unpaired) electrons. The van der Waals surface area contributed by atoms with Crippen molar-refractivity contribution in [3.8, 4) is 0 Å². The van der Waals surface area contributed by atoms with Crippen molar-refractivity contribution in [1.29, 1.82) is 0 Å². The summed E-state index contributed by atoms with van der Waals surface area (Å²) < 4.78 is 29.4. The van der Waals surface area contributed by atoms with Gasteiger partial charge in [0.25, 0.3) is 0 Å². The third kappa shape index (κ3) is 2.40. The number of hydrogen-bond acceptors (Lipinski definition) is 4. The second kappa shape index (κ2) is 4.36. The van der Waals surface area contributed by atoms with Crippen LogP contribution in [0.1, 0.15) is 6.92 Å². The van der Waals surface area contributed by atoms with Gasteiger partial charge >= 0.3 is 0 Å².